The van der Waals surface area contributed by atoms with Gasteiger partial charge in [-0.05, 0) is 0 Å². The Morgan fingerprint density at radius 2 is 1.88 bits per heavy atom. The zero-order valence-corrected chi connectivity index (χ0v) is 10.2. The fraction of sp³-hybridized carbons (Fsp3) is 0.455. The molecule has 86 valence electrons. The number of nitrogens with one attached hydrogen (secondary N) is 1. The molecule has 0 saturated heterocycles. The van der Waals surface area contributed by atoms with Crippen molar-refractivity contribution < 1.29 is 0 Å². The molecule has 0 amide bonds. The van der Waals surface area contributed by atoms with E-state index in [0.717, 1.165) is 29.2 Å². The van der Waals surface area contributed by atoms with Crippen LogP contribution in [0, 0.1) is 0 Å². The first-order chi connectivity index (χ1) is 7.61. The predicted molar refractivity (Wildman–Crippen MR) is 63.5 cm³/mol. The van der Waals surface area contributed by atoms with Crippen LogP contribution < -0.4 is 0 Å². The average molecular weight is 219 g/mol. The molecular weight excluding hydrogens is 202 g/mol. The predicted octanol–water partition coefficient (Wildman–Crippen LogP) is 0.709. The molecule has 0 saturated carbocycles. The van der Waals surface area contributed by atoms with Crippen LogP contribution in [0.5, 0.6) is 0 Å². The van der Waals surface area contributed by atoms with Crippen LogP contribution in [0.15, 0.2) is 18.0 Å². The van der Waals surface area contributed by atoms with E-state index in [1.807, 2.05) is 28.2 Å². The van der Waals surface area contributed by atoms with Crippen molar-refractivity contribution >= 4 is 5.57 Å². The van der Waals surface area contributed by atoms with Gasteiger partial charge in [0.1, 0.15) is 11.5 Å². The lowest BCUT2D eigenvalue weighted by molar-refractivity contribution is 0.346. The van der Waals surface area contributed by atoms with Gasteiger partial charge in [-0.1, -0.05) is 12.2 Å². The van der Waals surface area contributed by atoms with Crippen molar-refractivity contribution in [1.29, 1.82) is 0 Å². The molecule has 0 bridgehead atoms. The third-order valence-electron chi connectivity index (χ3n) is 2.56. The molecule has 16 heavy (non-hydrogen) atoms. The summed E-state index contributed by atoms with van der Waals surface area (Å²) in [6, 6.07) is 0. The first-order valence-electron chi connectivity index (χ1n) is 5.26. The highest BCUT2D eigenvalue weighted by molar-refractivity contribution is 5.76. The fourth-order valence-electron chi connectivity index (χ4n) is 2.04. The summed E-state index contributed by atoms with van der Waals surface area (Å²) < 4.78 is 0. The fourth-order valence-corrected chi connectivity index (χ4v) is 2.04. The van der Waals surface area contributed by atoms with Gasteiger partial charge < -0.3 is 9.80 Å². The van der Waals surface area contributed by atoms with E-state index in [4.69, 9.17) is 0 Å². The third-order valence-corrected chi connectivity index (χ3v) is 2.56. The van der Waals surface area contributed by atoms with Gasteiger partial charge in [-0.25, -0.2) is 0 Å². The molecular formula is C11H17N5. The van der Waals surface area contributed by atoms with Crippen LogP contribution in [0.2, 0.25) is 0 Å². The number of aromatic nitrogens is 3. The Hall–Kier alpha value is -1.78. The van der Waals surface area contributed by atoms with Crippen LogP contribution in [0.25, 0.3) is 5.57 Å². The van der Waals surface area contributed by atoms with Gasteiger partial charge in [-0.3, -0.25) is 0 Å². The molecule has 1 heterocycles. The lowest BCUT2D eigenvalue weighted by atomic mass is 10.0. The third kappa shape index (κ3) is 1.68. The summed E-state index contributed by atoms with van der Waals surface area (Å²) in [6.45, 7) is 0. The van der Waals surface area contributed by atoms with Gasteiger partial charge in [-0.2, -0.15) is 15.4 Å². The Kier molecular flexibility index (Phi) is 2.68. The molecule has 1 aromatic heterocycles. The number of nitrogens with zero attached hydrogens (tertiary/aromatic N) is 4. The molecule has 1 aromatic rings. The maximum absolute atomic E-state index is 4.23. The van der Waals surface area contributed by atoms with Crippen molar-refractivity contribution in [3.05, 3.63) is 29.4 Å². The van der Waals surface area contributed by atoms with Crippen LogP contribution in [-0.2, 0) is 6.42 Å². The molecule has 1 aliphatic rings. The molecule has 0 unspecified atom stereocenters. The van der Waals surface area contributed by atoms with Crippen molar-refractivity contribution in [2.75, 3.05) is 28.2 Å². The quantitative estimate of drug-likeness (QED) is 0.796. The second-order valence-corrected chi connectivity index (χ2v) is 4.25. The summed E-state index contributed by atoms with van der Waals surface area (Å²) in [7, 11) is 8.13. The highest BCUT2D eigenvalue weighted by atomic mass is 15.3. The maximum Gasteiger partial charge on any atom is 0.119 e. The van der Waals surface area contributed by atoms with Gasteiger partial charge in [0.25, 0.3) is 0 Å². The van der Waals surface area contributed by atoms with Crippen molar-refractivity contribution in [3.8, 4) is 0 Å². The summed E-state index contributed by atoms with van der Waals surface area (Å²) in [4.78, 5) is 4.17. The molecule has 0 aliphatic heterocycles. The highest BCUT2D eigenvalue weighted by Crippen LogP contribution is 2.26. The topological polar surface area (TPSA) is 48.1 Å². The zero-order chi connectivity index (χ0) is 11.7. The van der Waals surface area contributed by atoms with E-state index >= 15 is 0 Å². The normalized spacial score (nSPS) is 13.6. The van der Waals surface area contributed by atoms with Gasteiger partial charge in [0.2, 0.25) is 0 Å². The lowest BCUT2D eigenvalue weighted by Gasteiger charge is -2.27. The minimum absolute atomic E-state index is 0.851. The van der Waals surface area contributed by atoms with E-state index in [2.05, 4.69) is 37.4 Å². The smallest absolute Gasteiger partial charge is 0.119 e. The van der Waals surface area contributed by atoms with E-state index in [9.17, 15) is 0 Å². The number of rotatable bonds is 2. The molecule has 0 radical (unpaired) electrons. The van der Waals surface area contributed by atoms with E-state index in [1.165, 1.54) is 0 Å². The largest absolute Gasteiger partial charge is 0.364 e. The van der Waals surface area contributed by atoms with Crippen LogP contribution in [-0.4, -0.2) is 53.4 Å². The standard InChI is InChI=1S/C11H17N5/c1-15(2)11(16(3)4)8-6-5-7-9-10(8)13-14-12-9/h5-6H,7H2,1-4H3,(H,12,13,14). The minimum atomic E-state index is 0.851. The number of allylic oxidation sites excluding steroid dienone is 3. The van der Waals surface area contributed by atoms with Crippen LogP contribution >= 0.6 is 0 Å². The van der Waals surface area contributed by atoms with E-state index in [0.29, 0.717) is 0 Å². The van der Waals surface area contributed by atoms with Crippen LogP contribution in [0.4, 0.5) is 0 Å². The van der Waals surface area contributed by atoms with Gasteiger partial charge in [0.05, 0.1) is 5.69 Å². The van der Waals surface area contributed by atoms with Crippen molar-refractivity contribution in [3.63, 3.8) is 0 Å². The Bertz CT molecular complexity index is 429. The second kappa shape index (κ2) is 4.00. The summed E-state index contributed by atoms with van der Waals surface area (Å²) >= 11 is 0. The summed E-state index contributed by atoms with van der Waals surface area (Å²) in [5, 5.41) is 11.1. The van der Waals surface area contributed by atoms with Gasteiger partial charge >= 0.3 is 0 Å². The molecule has 5 heteroatoms. The SMILES string of the molecule is CN(C)C(=C1C=CCc2n[nH]nc21)N(C)C. The molecule has 0 aromatic carbocycles. The Morgan fingerprint density at radius 1 is 1.19 bits per heavy atom. The Morgan fingerprint density at radius 3 is 2.50 bits per heavy atom. The molecule has 0 spiro atoms. The number of hydrogen-bond acceptors (Lipinski definition) is 4. The summed E-state index contributed by atoms with van der Waals surface area (Å²) in [5.41, 5.74) is 3.09. The van der Waals surface area contributed by atoms with Crippen molar-refractivity contribution in [2.45, 2.75) is 6.42 Å². The molecule has 5 nitrogen and oxygen atoms in total. The average Bonchev–Trinajstić information content (AvgIpc) is 2.65. The van der Waals surface area contributed by atoms with Gasteiger partial charge in [0, 0.05) is 40.2 Å². The Balaban J connectivity index is 2.57. The number of hydrogen-bond donors (Lipinski definition) is 1. The van der Waals surface area contributed by atoms with E-state index in [1.54, 1.807) is 0 Å². The van der Waals surface area contributed by atoms with Crippen molar-refractivity contribution in [2.24, 2.45) is 0 Å². The second-order valence-electron chi connectivity index (χ2n) is 4.25. The van der Waals surface area contributed by atoms with Gasteiger partial charge in [0.15, 0.2) is 0 Å². The molecule has 0 fully saturated rings. The van der Waals surface area contributed by atoms with Gasteiger partial charge in [-0.15, -0.1) is 0 Å². The monoisotopic (exact) mass is 219 g/mol. The molecule has 2 rings (SSSR count). The van der Waals surface area contributed by atoms with Crippen LogP contribution in [0.3, 0.4) is 0 Å². The first-order valence-corrected chi connectivity index (χ1v) is 5.26. The number of aromatic amines is 1. The summed E-state index contributed by atoms with van der Waals surface area (Å²) in [5.74, 6) is 1.13. The number of fused-ring (bicyclic) bond motifs is 1. The van der Waals surface area contributed by atoms with E-state index in [-0.39, 0.29) is 0 Å². The summed E-state index contributed by atoms with van der Waals surface area (Å²) in [6.07, 6.45) is 5.08. The van der Waals surface area contributed by atoms with Crippen molar-refractivity contribution in [1.82, 2.24) is 25.2 Å². The maximum atomic E-state index is 4.23. The highest BCUT2D eigenvalue weighted by Gasteiger charge is 2.20. The lowest BCUT2D eigenvalue weighted by Crippen LogP contribution is -2.26. The number of H-pyrrole nitrogens is 1. The molecule has 1 aliphatic carbocycles. The molecule has 1 N–H and O–H groups in total. The zero-order valence-electron chi connectivity index (χ0n) is 10.2. The first kappa shape index (κ1) is 10.7. The minimum Gasteiger partial charge on any atom is -0.364 e. The Labute approximate surface area is 95.4 Å². The van der Waals surface area contributed by atoms with E-state index < -0.39 is 0 Å². The molecule has 0 atom stereocenters. The van der Waals surface area contributed by atoms with Crippen LogP contribution in [0.1, 0.15) is 11.4 Å².